The van der Waals surface area contributed by atoms with Crippen LogP contribution in [-0.2, 0) is 10.1 Å². The van der Waals surface area contributed by atoms with Crippen LogP contribution < -0.4 is 0 Å². The van der Waals surface area contributed by atoms with Gasteiger partial charge in [0.2, 0.25) is 0 Å². The van der Waals surface area contributed by atoms with Crippen LogP contribution in [0.1, 0.15) is 9.75 Å². The van der Waals surface area contributed by atoms with Crippen LogP contribution in [0.3, 0.4) is 0 Å². The number of rotatable bonds is 2. The largest absolute Gasteiger partial charge is 0.287 e. The van der Waals surface area contributed by atoms with E-state index in [0.29, 0.717) is 0 Å². The van der Waals surface area contributed by atoms with Crippen LogP contribution >= 0.6 is 11.3 Å². The standard InChI is InChI=1S/C7H8O3S2/c1-6-2-3-7(11-6)4-5-12(8,9)10/h2-5H,1H3,(H,8,9,10). The summed E-state index contributed by atoms with van der Waals surface area (Å²) in [4.78, 5) is 1.91. The van der Waals surface area contributed by atoms with E-state index in [1.807, 2.05) is 13.0 Å². The molecule has 0 fully saturated rings. The Hall–Kier alpha value is -0.650. The lowest BCUT2D eigenvalue weighted by Gasteiger charge is -1.83. The van der Waals surface area contributed by atoms with Crippen molar-refractivity contribution in [2.45, 2.75) is 6.92 Å². The Morgan fingerprint density at radius 1 is 1.50 bits per heavy atom. The van der Waals surface area contributed by atoms with Gasteiger partial charge < -0.3 is 0 Å². The van der Waals surface area contributed by atoms with Gasteiger partial charge in [0.15, 0.2) is 0 Å². The minimum atomic E-state index is -3.99. The molecule has 1 N–H and O–H groups in total. The quantitative estimate of drug-likeness (QED) is 0.749. The summed E-state index contributed by atoms with van der Waals surface area (Å²) in [7, 11) is -3.99. The molecule has 0 aliphatic rings. The Kier molecular flexibility index (Phi) is 2.66. The molecule has 0 radical (unpaired) electrons. The van der Waals surface area contributed by atoms with Gasteiger partial charge in [-0.15, -0.1) is 11.3 Å². The third-order valence-corrected chi connectivity index (χ3v) is 2.61. The maximum absolute atomic E-state index is 10.3. The molecule has 1 rings (SSSR count). The van der Waals surface area contributed by atoms with E-state index in [4.69, 9.17) is 4.55 Å². The summed E-state index contributed by atoms with van der Waals surface area (Å²) in [5.41, 5.74) is 0. The van der Waals surface area contributed by atoms with Gasteiger partial charge in [-0.3, -0.25) is 4.55 Å². The second-order valence-corrected chi connectivity index (χ2v) is 4.89. The van der Waals surface area contributed by atoms with Gasteiger partial charge in [0.05, 0.1) is 5.41 Å². The first kappa shape index (κ1) is 9.44. The normalized spacial score (nSPS) is 12.5. The van der Waals surface area contributed by atoms with Crippen molar-refractivity contribution in [2.24, 2.45) is 0 Å². The molecule has 1 heterocycles. The summed E-state index contributed by atoms with van der Waals surface area (Å²) in [6.45, 7) is 1.93. The number of thiophene rings is 1. The van der Waals surface area contributed by atoms with E-state index >= 15 is 0 Å². The topological polar surface area (TPSA) is 54.4 Å². The summed E-state index contributed by atoms with van der Waals surface area (Å²) in [5, 5.41) is 0.776. The molecule has 0 aliphatic carbocycles. The zero-order valence-corrected chi connectivity index (χ0v) is 8.02. The fourth-order valence-electron chi connectivity index (χ4n) is 0.696. The molecule has 5 heteroatoms. The van der Waals surface area contributed by atoms with Crippen molar-refractivity contribution in [1.29, 1.82) is 0 Å². The second kappa shape index (κ2) is 3.38. The lowest BCUT2D eigenvalue weighted by atomic mass is 10.4. The van der Waals surface area contributed by atoms with Crippen molar-refractivity contribution in [1.82, 2.24) is 0 Å². The van der Waals surface area contributed by atoms with Gasteiger partial charge in [-0.1, -0.05) is 0 Å². The maximum atomic E-state index is 10.3. The van der Waals surface area contributed by atoms with E-state index in [-0.39, 0.29) is 0 Å². The molecule has 0 saturated carbocycles. The number of hydrogen-bond acceptors (Lipinski definition) is 3. The minimum absolute atomic E-state index is 0.776. The Labute approximate surface area is 75.1 Å². The molecular formula is C7H8O3S2. The highest BCUT2D eigenvalue weighted by Crippen LogP contribution is 2.16. The molecule has 3 nitrogen and oxygen atoms in total. The first-order valence-electron chi connectivity index (χ1n) is 3.19. The molecule has 0 amide bonds. The molecular weight excluding hydrogens is 196 g/mol. The second-order valence-electron chi connectivity index (χ2n) is 2.27. The molecule has 0 unspecified atom stereocenters. The highest BCUT2D eigenvalue weighted by molar-refractivity contribution is 7.88. The fourth-order valence-corrected chi connectivity index (χ4v) is 1.88. The predicted molar refractivity (Wildman–Crippen MR) is 49.6 cm³/mol. The molecule has 66 valence electrons. The van der Waals surface area contributed by atoms with Crippen LogP contribution in [-0.4, -0.2) is 13.0 Å². The van der Waals surface area contributed by atoms with Crippen molar-refractivity contribution in [2.75, 3.05) is 0 Å². The van der Waals surface area contributed by atoms with Crippen molar-refractivity contribution >= 4 is 27.5 Å². The van der Waals surface area contributed by atoms with Crippen LogP contribution in [0.25, 0.3) is 6.08 Å². The Morgan fingerprint density at radius 2 is 2.17 bits per heavy atom. The van der Waals surface area contributed by atoms with Crippen LogP contribution in [0.4, 0.5) is 0 Å². The maximum Gasteiger partial charge on any atom is 0.287 e. The van der Waals surface area contributed by atoms with E-state index in [9.17, 15) is 8.42 Å². The highest BCUT2D eigenvalue weighted by Gasteiger charge is 1.96. The smallest absolute Gasteiger partial charge is 0.282 e. The molecule has 1 aromatic rings. The zero-order valence-electron chi connectivity index (χ0n) is 6.39. The molecule has 12 heavy (non-hydrogen) atoms. The monoisotopic (exact) mass is 204 g/mol. The van der Waals surface area contributed by atoms with Gasteiger partial charge in [-0.25, -0.2) is 0 Å². The molecule has 0 spiro atoms. The van der Waals surface area contributed by atoms with Crippen molar-refractivity contribution in [3.63, 3.8) is 0 Å². The van der Waals surface area contributed by atoms with E-state index in [1.165, 1.54) is 17.4 Å². The summed E-state index contributed by atoms with van der Waals surface area (Å²) >= 11 is 1.47. The van der Waals surface area contributed by atoms with Crippen LogP contribution in [0.5, 0.6) is 0 Å². The molecule has 0 bridgehead atoms. The average molecular weight is 204 g/mol. The summed E-state index contributed by atoms with van der Waals surface area (Å²) in [6.07, 6.45) is 1.37. The fraction of sp³-hybridized carbons (Fsp3) is 0.143. The molecule has 0 atom stereocenters. The summed E-state index contributed by atoms with van der Waals surface area (Å²) in [5.74, 6) is 0. The van der Waals surface area contributed by atoms with Gasteiger partial charge in [-0.2, -0.15) is 8.42 Å². The number of aryl methyl sites for hydroxylation is 1. The van der Waals surface area contributed by atoms with Gasteiger partial charge in [0, 0.05) is 9.75 Å². The lowest BCUT2D eigenvalue weighted by Crippen LogP contribution is -1.88. The SMILES string of the molecule is Cc1ccc(C=CS(=O)(=O)O)s1. The molecule has 0 saturated heterocycles. The third-order valence-electron chi connectivity index (χ3n) is 1.17. The Bertz CT molecular complexity index is 387. The van der Waals surface area contributed by atoms with Crippen molar-refractivity contribution in [3.05, 3.63) is 27.3 Å². The predicted octanol–water partition coefficient (Wildman–Crippen LogP) is 1.92. The Balaban J connectivity index is 2.84. The van der Waals surface area contributed by atoms with Gasteiger partial charge in [0.1, 0.15) is 0 Å². The van der Waals surface area contributed by atoms with Crippen LogP contribution in [0.15, 0.2) is 17.5 Å². The van der Waals surface area contributed by atoms with Crippen LogP contribution in [0, 0.1) is 6.92 Å². The van der Waals surface area contributed by atoms with Gasteiger partial charge in [-0.05, 0) is 25.1 Å². The van der Waals surface area contributed by atoms with Gasteiger partial charge in [0.25, 0.3) is 10.1 Å². The van der Waals surface area contributed by atoms with E-state index in [0.717, 1.165) is 15.2 Å². The molecule has 0 aromatic carbocycles. The van der Waals surface area contributed by atoms with E-state index in [1.54, 1.807) is 6.07 Å². The zero-order chi connectivity index (χ0) is 9.19. The first-order valence-corrected chi connectivity index (χ1v) is 5.51. The highest BCUT2D eigenvalue weighted by atomic mass is 32.2. The summed E-state index contributed by atoms with van der Waals surface area (Å²) < 4.78 is 28.9. The number of hydrogen-bond donors (Lipinski definition) is 1. The van der Waals surface area contributed by atoms with Gasteiger partial charge >= 0.3 is 0 Å². The molecule has 1 aromatic heterocycles. The Morgan fingerprint density at radius 3 is 2.58 bits per heavy atom. The lowest BCUT2D eigenvalue weighted by molar-refractivity contribution is 0.494. The van der Waals surface area contributed by atoms with Crippen molar-refractivity contribution in [3.8, 4) is 0 Å². The average Bonchev–Trinajstić information content (AvgIpc) is 2.30. The minimum Gasteiger partial charge on any atom is -0.282 e. The van der Waals surface area contributed by atoms with E-state index < -0.39 is 10.1 Å². The van der Waals surface area contributed by atoms with Crippen molar-refractivity contribution < 1.29 is 13.0 Å². The molecule has 0 aliphatic heterocycles. The first-order chi connectivity index (χ1) is 5.47. The van der Waals surface area contributed by atoms with Crippen LogP contribution in [0.2, 0.25) is 0 Å². The van der Waals surface area contributed by atoms with E-state index in [2.05, 4.69) is 0 Å². The third kappa shape index (κ3) is 3.17. The summed E-state index contributed by atoms with van der Waals surface area (Å²) in [6, 6.07) is 3.68.